The molecule has 0 aliphatic carbocycles. The predicted octanol–water partition coefficient (Wildman–Crippen LogP) is 14.8. The van der Waals surface area contributed by atoms with Crippen molar-refractivity contribution in [1.29, 1.82) is 0 Å². The number of hydrogen-bond donors (Lipinski definition) is 0. The third-order valence-corrected chi connectivity index (χ3v) is 9.92. The van der Waals surface area contributed by atoms with Crippen molar-refractivity contribution in [2.75, 3.05) is 0 Å². The van der Waals surface area contributed by atoms with Gasteiger partial charge in [0.05, 0.1) is 5.57 Å². The lowest BCUT2D eigenvalue weighted by Gasteiger charge is -2.11. The molecule has 1 heterocycles. The standard InChI is InChI=1S/C45H68N2/c1-5-9-13-14-15-16-17-18-19-20-21-22-23-25-29-43-42(28-12-8-4)44(40-36-32-39(33-37-40)27-24-10-6-2)47(46)45(43)41-34-30-38(31-35-41)26-11-7-3/h25,29-37H,5-24,26-28H2,1-4H3. The van der Waals surface area contributed by atoms with Gasteiger partial charge in [0.1, 0.15) is 0 Å². The summed E-state index contributed by atoms with van der Waals surface area (Å²) in [4.78, 5) is 0. The molecule has 0 unspecified atom stereocenters. The lowest BCUT2D eigenvalue weighted by Crippen LogP contribution is -2.03. The van der Waals surface area contributed by atoms with Crippen molar-refractivity contribution in [3.8, 4) is 0 Å². The molecule has 2 heteroatoms. The first-order chi connectivity index (χ1) is 23.1. The molecule has 47 heavy (non-hydrogen) atoms. The molecule has 3 rings (SSSR count). The van der Waals surface area contributed by atoms with Crippen molar-refractivity contribution < 1.29 is 4.70 Å². The molecule has 0 fully saturated rings. The Bertz CT molecular complexity index is 1240. The second-order valence-corrected chi connectivity index (χ2v) is 14.0. The van der Waals surface area contributed by atoms with Gasteiger partial charge in [0.2, 0.25) is 11.4 Å². The van der Waals surface area contributed by atoms with Crippen molar-refractivity contribution in [3.63, 3.8) is 0 Å². The largest absolute Gasteiger partial charge is 0.493 e. The van der Waals surface area contributed by atoms with E-state index in [-0.39, 0.29) is 0 Å². The summed E-state index contributed by atoms with van der Waals surface area (Å²) >= 11 is 0. The van der Waals surface area contributed by atoms with E-state index in [9.17, 15) is 5.53 Å². The van der Waals surface area contributed by atoms with Crippen LogP contribution in [0.4, 0.5) is 0 Å². The van der Waals surface area contributed by atoms with E-state index in [1.165, 1.54) is 136 Å². The highest BCUT2D eigenvalue weighted by molar-refractivity contribution is 5.84. The molecular formula is C45H68N2. The van der Waals surface area contributed by atoms with Gasteiger partial charge in [0.25, 0.3) is 0 Å². The average Bonchev–Trinajstić information content (AvgIpc) is 3.37. The van der Waals surface area contributed by atoms with Crippen LogP contribution in [0, 0.1) is 0 Å². The van der Waals surface area contributed by atoms with Gasteiger partial charge < -0.3 is 5.53 Å². The fourth-order valence-corrected chi connectivity index (χ4v) is 6.91. The van der Waals surface area contributed by atoms with Crippen molar-refractivity contribution >= 4 is 11.4 Å². The minimum atomic E-state index is 0.936. The Morgan fingerprint density at radius 2 is 0.894 bits per heavy atom. The fourth-order valence-electron chi connectivity index (χ4n) is 6.91. The molecule has 2 aromatic rings. The van der Waals surface area contributed by atoms with Crippen molar-refractivity contribution in [2.24, 2.45) is 0 Å². The van der Waals surface area contributed by atoms with Gasteiger partial charge in [-0.3, -0.25) is 0 Å². The highest BCUT2D eigenvalue weighted by atomic mass is 15.2. The fraction of sp³-hybridized carbons (Fsp3) is 0.600. The molecule has 0 aromatic heterocycles. The first-order valence-electron chi connectivity index (χ1n) is 20.0. The maximum absolute atomic E-state index is 11.9. The summed E-state index contributed by atoms with van der Waals surface area (Å²) in [5, 5.41) is 0. The van der Waals surface area contributed by atoms with Crippen LogP contribution in [0.25, 0.3) is 16.9 Å². The molecule has 258 valence electrons. The van der Waals surface area contributed by atoms with Gasteiger partial charge in [-0.25, -0.2) is 4.70 Å². The maximum atomic E-state index is 11.9. The van der Waals surface area contributed by atoms with E-state index in [2.05, 4.69) is 88.4 Å². The highest BCUT2D eigenvalue weighted by Crippen LogP contribution is 2.43. The Morgan fingerprint density at radius 1 is 0.468 bits per heavy atom. The molecule has 1 aliphatic heterocycles. The van der Waals surface area contributed by atoms with Crippen molar-refractivity contribution in [2.45, 2.75) is 175 Å². The van der Waals surface area contributed by atoms with Crippen LogP contribution in [0.1, 0.15) is 185 Å². The summed E-state index contributed by atoms with van der Waals surface area (Å²) in [5.41, 5.74) is 21.3. The summed E-state index contributed by atoms with van der Waals surface area (Å²) in [7, 11) is 0. The van der Waals surface area contributed by atoms with Crippen LogP contribution in [0.5, 0.6) is 0 Å². The molecule has 0 radical (unpaired) electrons. The highest BCUT2D eigenvalue weighted by Gasteiger charge is 2.34. The first kappa shape index (κ1) is 38.7. The molecule has 2 aromatic carbocycles. The Hall–Kier alpha value is -2.74. The lowest BCUT2D eigenvalue weighted by atomic mass is 9.94. The molecule has 0 bridgehead atoms. The number of nitrogens with zero attached hydrogens (tertiary/aromatic N) is 2. The second kappa shape index (κ2) is 23.6. The SMILES string of the molecule is CCCCCCCCCCCCCCC=CC1=C(c2ccc(CCCC)cc2)[N+](=[N-])C(c2ccc(CCCCC)cc2)=C1CCCC. The van der Waals surface area contributed by atoms with E-state index >= 15 is 0 Å². The molecule has 0 atom stereocenters. The van der Waals surface area contributed by atoms with Crippen molar-refractivity contribution in [1.82, 2.24) is 0 Å². The van der Waals surface area contributed by atoms with Crippen LogP contribution in [-0.2, 0) is 12.8 Å². The number of benzene rings is 2. The van der Waals surface area contributed by atoms with E-state index in [1.54, 1.807) is 0 Å². The summed E-state index contributed by atoms with van der Waals surface area (Å²) in [6.45, 7) is 9.07. The minimum Gasteiger partial charge on any atom is -0.493 e. The smallest absolute Gasteiger partial charge is 0.215 e. The number of allylic oxidation sites excluding steroid dienone is 4. The maximum Gasteiger partial charge on any atom is 0.215 e. The zero-order valence-corrected chi connectivity index (χ0v) is 30.9. The van der Waals surface area contributed by atoms with Crippen molar-refractivity contribution in [3.05, 3.63) is 99.6 Å². The number of hydrogen-bond acceptors (Lipinski definition) is 0. The zero-order chi connectivity index (χ0) is 33.5. The molecular weight excluding hydrogens is 569 g/mol. The van der Waals surface area contributed by atoms with E-state index < -0.39 is 0 Å². The van der Waals surface area contributed by atoms with E-state index in [1.807, 2.05) is 0 Å². The van der Waals surface area contributed by atoms with Gasteiger partial charge in [0, 0.05) is 16.7 Å². The predicted molar refractivity (Wildman–Crippen MR) is 207 cm³/mol. The van der Waals surface area contributed by atoms with Gasteiger partial charge in [-0.15, -0.1) is 0 Å². The third kappa shape index (κ3) is 13.4. The summed E-state index contributed by atoms with van der Waals surface area (Å²) in [6.07, 6.45) is 34.0. The Balaban J connectivity index is 1.73. The third-order valence-electron chi connectivity index (χ3n) is 9.92. The Morgan fingerprint density at radius 3 is 1.43 bits per heavy atom. The molecule has 0 N–H and O–H groups in total. The van der Waals surface area contributed by atoms with Gasteiger partial charge in [-0.05, 0) is 86.8 Å². The first-order valence-corrected chi connectivity index (χ1v) is 20.0. The van der Waals surface area contributed by atoms with Crippen LogP contribution < -0.4 is 0 Å². The van der Waals surface area contributed by atoms with Crippen LogP contribution in [-0.4, -0.2) is 4.70 Å². The molecule has 0 spiro atoms. The van der Waals surface area contributed by atoms with E-state index in [0.717, 1.165) is 61.0 Å². The molecule has 0 saturated heterocycles. The second-order valence-electron chi connectivity index (χ2n) is 14.0. The van der Waals surface area contributed by atoms with E-state index in [4.69, 9.17) is 0 Å². The van der Waals surface area contributed by atoms with Gasteiger partial charge in [-0.2, -0.15) is 0 Å². The quantitative estimate of drug-likeness (QED) is 0.0725. The Labute approximate surface area is 290 Å². The lowest BCUT2D eigenvalue weighted by molar-refractivity contribution is -0.345. The van der Waals surface area contributed by atoms with Gasteiger partial charge in [0.15, 0.2) is 0 Å². The van der Waals surface area contributed by atoms with Crippen LogP contribution >= 0.6 is 0 Å². The summed E-state index contributed by atoms with van der Waals surface area (Å²) < 4.78 is 1.52. The van der Waals surface area contributed by atoms with Gasteiger partial charge >= 0.3 is 0 Å². The van der Waals surface area contributed by atoms with Crippen LogP contribution in [0.3, 0.4) is 0 Å². The number of rotatable bonds is 26. The topological polar surface area (TPSA) is 25.3 Å². The number of unbranched alkanes of at least 4 members (excludes halogenated alkanes) is 16. The van der Waals surface area contributed by atoms with Crippen LogP contribution in [0.2, 0.25) is 0 Å². The summed E-state index contributed by atoms with van der Waals surface area (Å²) in [6, 6.07) is 18.0. The van der Waals surface area contributed by atoms with E-state index in [0.29, 0.717) is 0 Å². The van der Waals surface area contributed by atoms with Crippen LogP contribution in [0.15, 0.2) is 71.8 Å². The Kier molecular flexibility index (Phi) is 19.4. The molecule has 0 amide bonds. The van der Waals surface area contributed by atoms with Gasteiger partial charge in [-0.1, -0.05) is 160 Å². The average molecular weight is 637 g/mol. The monoisotopic (exact) mass is 637 g/mol. The molecule has 2 nitrogen and oxygen atoms in total. The molecule has 0 saturated carbocycles. The number of aryl methyl sites for hydroxylation is 2. The molecule has 1 aliphatic rings. The normalized spacial score (nSPS) is 13.6. The minimum absolute atomic E-state index is 0.936. The summed E-state index contributed by atoms with van der Waals surface area (Å²) in [5.74, 6) is 0. The zero-order valence-electron chi connectivity index (χ0n) is 30.9.